The van der Waals surface area contributed by atoms with Crippen LogP contribution in [0, 0.1) is 0 Å². The molecule has 0 aliphatic carbocycles. The minimum atomic E-state index is -4.49. The van der Waals surface area contributed by atoms with Crippen molar-refractivity contribution in [3.05, 3.63) is 46.5 Å². The molecule has 0 atom stereocenters. The molecule has 146 valence electrons. The van der Waals surface area contributed by atoms with Crippen molar-refractivity contribution in [2.24, 2.45) is 0 Å². The Bertz CT molecular complexity index is 813. The molecule has 1 saturated heterocycles. The molecule has 2 aromatic heterocycles. The summed E-state index contributed by atoms with van der Waals surface area (Å²) in [5.74, 6) is 0.764. The van der Waals surface area contributed by atoms with Crippen molar-refractivity contribution in [3.8, 4) is 0 Å². The standard InChI is InChI=1S/C18H22F3N5O/c19-18(20,21)15-13-14(7-8-23-15)22-9-12-26-17(27)6-5-16(24-26)25-10-3-1-2-4-11-25/h5-8,13H,1-4,9-12H2,(H,22,23). The molecule has 0 saturated carbocycles. The minimum absolute atomic E-state index is 0.235. The number of hydrogen-bond donors (Lipinski definition) is 1. The number of nitrogens with one attached hydrogen (secondary N) is 1. The van der Waals surface area contributed by atoms with E-state index in [1.807, 2.05) is 0 Å². The molecule has 1 N–H and O–H groups in total. The van der Waals surface area contributed by atoms with Crippen molar-refractivity contribution in [1.82, 2.24) is 14.8 Å². The van der Waals surface area contributed by atoms with Crippen LogP contribution >= 0.6 is 0 Å². The van der Waals surface area contributed by atoms with Crippen molar-refractivity contribution in [3.63, 3.8) is 0 Å². The lowest BCUT2D eigenvalue weighted by molar-refractivity contribution is -0.141. The lowest BCUT2D eigenvalue weighted by Crippen LogP contribution is -2.31. The van der Waals surface area contributed by atoms with Gasteiger partial charge in [-0.15, -0.1) is 0 Å². The molecule has 3 rings (SSSR count). The van der Waals surface area contributed by atoms with Crippen LogP contribution in [0.2, 0.25) is 0 Å². The molecule has 0 spiro atoms. The summed E-state index contributed by atoms with van der Waals surface area (Å²) in [7, 11) is 0. The molecule has 0 unspecified atom stereocenters. The zero-order chi connectivity index (χ0) is 19.3. The Morgan fingerprint density at radius 3 is 2.52 bits per heavy atom. The van der Waals surface area contributed by atoms with E-state index in [4.69, 9.17) is 0 Å². The third-order valence-corrected chi connectivity index (χ3v) is 4.49. The molecule has 0 bridgehead atoms. The Labute approximate surface area is 155 Å². The van der Waals surface area contributed by atoms with Crippen LogP contribution in [-0.4, -0.2) is 34.4 Å². The van der Waals surface area contributed by atoms with Gasteiger partial charge in [-0.25, -0.2) is 4.68 Å². The van der Waals surface area contributed by atoms with E-state index < -0.39 is 11.9 Å². The zero-order valence-electron chi connectivity index (χ0n) is 14.9. The van der Waals surface area contributed by atoms with Gasteiger partial charge in [0.1, 0.15) is 11.5 Å². The second-order valence-electron chi connectivity index (χ2n) is 6.51. The summed E-state index contributed by atoms with van der Waals surface area (Å²) >= 11 is 0. The zero-order valence-corrected chi connectivity index (χ0v) is 14.9. The highest BCUT2D eigenvalue weighted by Gasteiger charge is 2.32. The van der Waals surface area contributed by atoms with Crippen LogP contribution in [0.5, 0.6) is 0 Å². The largest absolute Gasteiger partial charge is 0.433 e. The van der Waals surface area contributed by atoms with E-state index in [0.29, 0.717) is 5.69 Å². The number of halogens is 3. The monoisotopic (exact) mass is 381 g/mol. The maximum Gasteiger partial charge on any atom is 0.433 e. The summed E-state index contributed by atoms with van der Waals surface area (Å²) in [4.78, 5) is 17.5. The molecule has 0 aromatic carbocycles. The molecule has 0 radical (unpaired) electrons. The topological polar surface area (TPSA) is 63.1 Å². The van der Waals surface area contributed by atoms with E-state index in [-0.39, 0.29) is 18.6 Å². The SMILES string of the molecule is O=c1ccc(N2CCCCCC2)nn1CCNc1ccnc(C(F)(F)F)c1. The van der Waals surface area contributed by atoms with Crippen LogP contribution in [0.4, 0.5) is 24.7 Å². The lowest BCUT2D eigenvalue weighted by atomic mass is 10.2. The van der Waals surface area contributed by atoms with Gasteiger partial charge in [0.05, 0.1) is 6.54 Å². The van der Waals surface area contributed by atoms with Gasteiger partial charge in [0.15, 0.2) is 0 Å². The molecule has 2 aromatic rings. The van der Waals surface area contributed by atoms with E-state index in [9.17, 15) is 18.0 Å². The molecule has 0 amide bonds. The summed E-state index contributed by atoms with van der Waals surface area (Å²) < 4.78 is 39.5. The summed E-state index contributed by atoms with van der Waals surface area (Å²) in [6.45, 7) is 2.36. The predicted octanol–water partition coefficient (Wildman–Crippen LogP) is 3.15. The van der Waals surface area contributed by atoms with Crippen molar-refractivity contribution >= 4 is 11.5 Å². The number of nitrogens with zero attached hydrogens (tertiary/aromatic N) is 4. The van der Waals surface area contributed by atoms with Crippen molar-refractivity contribution < 1.29 is 13.2 Å². The Morgan fingerprint density at radius 2 is 1.81 bits per heavy atom. The smallest absolute Gasteiger partial charge is 0.383 e. The van der Waals surface area contributed by atoms with Gasteiger partial charge >= 0.3 is 6.18 Å². The molecule has 1 aliphatic rings. The first-order valence-corrected chi connectivity index (χ1v) is 9.04. The molecule has 9 heteroatoms. The number of anilines is 2. The van der Waals surface area contributed by atoms with E-state index in [0.717, 1.165) is 44.0 Å². The second kappa shape index (κ2) is 8.41. The average Bonchev–Trinajstić information content (AvgIpc) is 2.92. The van der Waals surface area contributed by atoms with Gasteiger partial charge in [0.2, 0.25) is 0 Å². The van der Waals surface area contributed by atoms with Gasteiger partial charge in [-0.3, -0.25) is 9.78 Å². The molecule has 3 heterocycles. The highest BCUT2D eigenvalue weighted by atomic mass is 19.4. The third kappa shape index (κ3) is 5.21. The van der Waals surface area contributed by atoms with Crippen molar-refractivity contribution in [2.45, 2.75) is 38.4 Å². The van der Waals surface area contributed by atoms with Crippen molar-refractivity contribution in [2.75, 3.05) is 29.9 Å². The summed E-state index contributed by atoms with van der Waals surface area (Å²) in [5.41, 5.74) is -0.888. The fraction of sp³-hybridized carbons (Fsp3) is 0.500. The van der Waals surface area contributed by atoms with Gasteiger partial charge in [0, 0.05) is 37.6 Å². The van der Waals surface area contributed by atoms with Crippen LogP contribution in [0.3, 0.4) is 0 Å². The van der Waals surface area contributed by atoms with Crippen LogP contribution in [-0.2, 0) is 12.7 Å². The normalized spacial score (nSPS) is 15.4. The first kappa shape index (κ1) is 19.2. The summed E-state index contributed by atoms with van der Waals surface area (Å²) in [5, 5.41) is 7.31. The minimum Gasteiger partial charge on any atom is -0.383 e. The molecule has 6 nitrogen and oxygen atoms in total. The van der Waals surface area contributed by atoms with Gasteiger partial charge < -0.3 is 10.2 Å². The Kier molecular flexibility index (Phi) is 5.98. The number of alkyl halides is 3. The average molecular weight is 381 g/mol. The fourth-order valence-corrected chi connectivity index (χ4v) is 3.07. The summed E-state index contributed by atoms with van der Waals surface area (Å²) in [6.07, 6.45) is 1.23. The number of rotatable bonds is 5. The highest BCUT2D eigenvalue weighted by molar-refractivity contribution is 5.43. The predicted molar refractivity (Wildman–Crippen MR) is 96.9 cm³/mol. The van der Waals surface area contributed by atoms with Crippen LogP contribution in [0.25, 0.3) is 0 Å². The number of hydrogen-bond acceptors (Lipinski definition) is 5. The first-order valence-electron chi connectivity index (χ1n) is 9.04. The Balaban J connectivity index is 1.64. The third-order valence-electron chi connectivity index (χ3n) is 4.49. The van der Waals surface area contributed by atoms with Crippen LogP contribution in [0.15, 0.2) is 35.3 Å². The Morgan fingerprint density at radius 1 is 1.07 bits per heavy atom. The summed E-state index contributed by atoms with van der Waals surface area (Å²) in [6, 6.07) is 5.63. The van der Waals surface area contributed by atoms with Crippen molar-refractivity contribution in [1.29, 1.82) is 0 Å². The molecule has 27 heavy (non-hydrogen) atoms. The fourth-order valence-electron chi connectivity index (χ4n) is 3.07. The first-order chi connectivity index (χ1) is 12.9. The second-order valence-corrected chi connectivity index (χ2v) is 6.51. The van der Waals surface area contributed by atoms with Crippen LogP contribution < -0.4 is 15.8 Å². The van der Waals surface area contributed by atoms with Gasteiger partial charge in [0.25, 0.3) is 5.56 Å². The van der Waals surface area contributed by atoms with Gasteiger partial charge in [-0.1, -0.05) is 12.8 Å². The molecular weight excluding hydrogens is 359 g/mol. The van der Waals surface area contributed by atoms with Gasteiger partial charge in [-0.2, -0.15) is 18.3 Å². The maximum absolute atomic E-state index is 12.7. The Hall–Kier alpha value is -2.58. The van der Waals surface area contributed by atoms with Crippen LogP contribution in [0.1, 0.15) is 31.4 Å². The quantitative estimate of drug-likeness (QED) is 0.862. The highest BCUT2D eigenvalue weighted by Crippen LogP contribution is 2.28. The maximum atomic E-state index is 12.7. The number of pyridine rings is 1. The van der Waals surface area contributed by atoms with E-state index in [1.165, 1.54) is 29.7 Å². The lowest BCUT2D eigenvalue weighted by Gasteiger charge is -2.21. The van der Waals surface area contributed by atoms with E-state index in [2.05, 4.69) is 20.3 Å². The molecule has 1 fully saturated rings. The molecular formula is C18H22F3N5O. The van der Waals surface area contributed by atoms with E-state index >= 15 is 0 Å². The molecule has 1 aliphatic heterocycles. The van der Waals surface area contributed by atoms with E-state index in [1.54, 1.807) is 6.07 Å². The van der Waals surface area contributed by atoms with Gasteiger partial charge in [-0.05, 0) is 31.0 Å². The number of aromatic nitrogens is 3.